The summed E-state index contributed by atoms with van der Waals surface area (Å²) >= 11 is 0. The third-order valence-electron chi connectivity index (χ3n) is 5.93. The number of halogens is 3. The summed E-state index contributed by atoms with van der Waals surface area (Å²) in [7, 11) is 0. The number of aryl methyl sites for hydroxylation is 1. The predicted molar refractivity (Wildman–Crippen MR) is 117 cm³/mol. The van der Waals surface area contributed by atoms with E-state index in [1.54, 1.807) is 12.1 Å². The van der Waals surface area contributed by atoms with Gasteiger partial charge in [-0.15, -0.1) is 0 Å². The van der Waals surface area contributed by atoms with Crippen molar-refractivity contribution >= 4 is 16.3 Å². The Morgan fingerprint density at radius 3 is 2.33 bits per heavy atom. The van der Waals surface area contributed by atoms with Crippen LogP contribution < -0.4 is 0 Å². The number of fused-ring (bicyclic) bond motifs is 1. The van der Waals surface area contributed by atoms with Gasteiger partial charge in [-0.3, -0.25) is 4.90 Å². The number of nitrogens with zero attached hydrogens (tertiary/aromatic N) is 1. The van der Waals surface area contributed by atoms with E-state index in [-0.39, 0.29) is 0 Å². The smallest absolute Gasteiger partial charge is 0.299 e. The summed E-state index contributed by atoms with van der Waals surface area (Å²) in [4.78, 5) is 2.43. The van der Waals surface area contributed by atoms with Gasteiger partial charge in [0.1, 0.15) is 0 Å². The van der Waals surface area contributed by atoms with E-state index in [2.05, 4.69) is 53.4 Å². The first-order chi connectivity index (χ1) is 14.5. The molecular formula is C26H26F3N. The molecule has 4 heteroatoms. The van der Waals surface area contributed by atoms with Gasteiger partial charge in [0.05, 0.1) is 5.56 Å². The Bertz CT molecular complexity index is 1010. The molecule has 0 fully saturated rings. The third-order valence-corrected chi connectivity index (χ3v) is 5.93. The van der Waals surface area contributed by atoms with Gasteiger partial charge in [-0.05, 0) is 71.8 Å². The highest BCUT2D eigenvalue weighted by molar-refractivity contribution is 5.85. The second-order valence-electron chi connectivity index (χ2n) is 7.95. The lowest BCUT2D eigenvalue weighted by Crippen LogP contribution is -2.29. The summed E-state index contributed by atoms with van der Waals surface area (Å²) in [5.74, 6) is 0. The van der Waals surface area contributed by atoms with Crippen molar-refractivity contribution in [3.05, 3.63) is 89.5 Å². The summed E-state index contributed by atoms with van der Waals surface area (Å²) in [5, 5.41) is 2.65. The van der Waals surface area contributed by atoms with E-state index in [4.69, 9.17) is 0 Å². The molecule has 1 heterocycles. The first-order valence-corrected chi connectivity index (χ1v) is 10.6. The van der Waals surface area contributed by atoms with Gasteiger partial charge in [0.2, 0.25) is 0 Å². The Kier molecular flexibility index (Phi) is 6.24. The molecule has 30 heavy (non-hydrogen) atoms. The standard InChI is InChI=1S/C26H26F3N/c27-26(28,29)24-13-11-20(12-14-24)21-15-18-30(19-16-21)17-4-3-7-23-9-5-8-22-6-1-2-10-25(22)23/h1-2,5-6,8-15H,3-4,7,16-19H2. The van der Waals surface area contributed by atoms with Gasteiger partial charge >= 0.3 is 6.18 Å². The van der Waals surface area contributed by atoms with Crippen LogP contribution in [0.4, 0.5) is 13.2 Å². The molecule has 1 aliphatic rings. The molecule has 0 saturated heterocycles. The lowest BCUT2D eigenvalue weighted by Gasteiger charge is -2.26. The lowest BCUT2D eigenvalue weighted by molar-refractivity contribution is -0.137. The molecule has 0 saturated carbocycles. The van der Waals surface area contributed by atoms with Crippen LogP contribution in [0.25, 0.3) is 16.3 Å². The van der Waals surface area contributed by atoms with E-state index in [0.717, 1.165) is 56.5 Å². The van der Waals surface area contributed by atoms with E-state index < -0.39 is 11.7 Å². The third kappa shape index (κ3) is 4.93. The van der Waals surface area contributed by atoms with Crippen LogP contribution in [0.15, 0.2) is 72.8 Å². The highest BCUT2D eigenvalue weighted by Crippen LogP contribution is 2.31. The highest BCUT2D eigenvalue weighted by atomic mass is 19.4. The molecule has 0 aliphatic carbocycles. The molecule has 1 nitrogen and oxygen atoms in total. The van der Waals surface area contributed by atoms with Crippen molar-refractivity contribution < 1.29 is 13.2 Å². The van der Waals surface area contributed by atoms with Gasteiger partial charge in [-0.1, -0.05) is 60.7 Å². The van der Waals surface area contributed by atoms with E-state index in [9.17, 15) is 13.2 Å². The minimum atomic E-state index is -4.28. The van der Waals surface area contributed by atoms with Gasteiger partial charge in [-0.25, -0.2) is 0 Å². The average molecular weight is 409 g/mol. The molecule has 0 unspecified atom stereocenters. The maximum atomic E-state index is 12.7. The fourth-order valence-corrected chi connectivity index (χ4v) is 4.21. The fraction of sp³-hybridized carbons (Fsp3) is 0.308. The second kappa shape index (κ2) is 9.05. The van der Waals surface area contributed by atoms with Crippen LogP contribution >= 0.6 is 0 Å². The molecule has 3 aromatic carbocycles. The predicted octanol–water partition coefficient (Wildman–Crippen LogP) is 6.97. The number of rotatable bonds is 6. The van der Waals surface area contributed by atoms with Crippen molar-refractivity contribution in [1.82, 2.24) is 4.90 Å². The van der Waals surface area contributed by atoms with Crippen LogP contribution in [0.2, 0.25) is 0 Å². The van der Waals surface area contributed by atoms with E-state index in [1.807, 2.05) is 0 Å². The summed E-state index contributed by atoms with van der Waals surface area (Å²) in [6.45, 7) is 2.88. The zero-order valence-electron chi connectivity index (χ0n) is 17.0. The number of alkyl halides is 3. The zero-order valence-corrected chi connectivity index (χ0v) is 17.0. The molecule has 0 spiro atoms. The maximum Gasteiger partial charge on any atom is 0.416 e. The first kappa shape index (κ1) is 20.7. The number of hydrogen-bond donors (Lipinski definition) is 0. The van der Waals surface area contributed by atoms with Gasteiger partial charge < -0.3 is 0 Å². The molecule has 0 radical (unpaired) electrons. The molecule has 0 amide bonds. The maximum absolute atomic E-state index is 12.7. The first-order valence-electron chi connectivity index (χ1n) is 10.6. The molecule has 156 valence electrons. The fourth-order valence-electron chi connectivity index (χ4n) is 4.21. The Balaban J connectivity index is 1.26. The van der Waals surface area contributed by atoms with Crippen LogP contribution in [0.5, 0.6) is 0 Å². The molecule has 0 atom stereocenters. The molecule has 0 N–H and O–H groups in total. The Hall–Kier alpha value is -2.59. The van der Waals surface area contributed by atoms with E-state index in [0.29, 0.717) is 0 Å². The van der Waals surface area contributed by atoms with Crippen LogP contribution in [0, 0.1) is 0 Å². The van der Waals surface area contributed by atoms with Crippen LogP contribution in [-0.2, 0) is 12.6 Å². The molecular weight excluding hydrogens is 383 g/mol. The van der Waals surface area contributed by atoms with Crippen LogP contribution in [-0.4, -0.2) is 24.5 Å². The van der Waals surface area contributed by atoms with Gasteiger partial charge in [0.25, 0.3) is 0 Å². The molecule has 3 aromatic rings. The second-order valence-corrected chi connectivity index (χ2v) is 7.95. The molecule has 1 aliphatic heterocycles. The van der Waals surface area contributed by atoms with Gasteiger partial charge in [0, 0.05) is 13.1 Å². The minimum absolute atomic E-state index is 0.588. The van der Waals surface area contributed by atoms with Crippen molar-refractivity contribution in [2.45, 2.75) is 31.9 Å². The Morgan fingerprint density at radius 2 is 1.60 bits per heavy atom. The topological polar surface area (TPSA) is 3.24 Å². The van der Waals surface area contributed by atoms with Crippen molar-refractivity contribution in [2.24, 2.45) is 0 Å². The normalized spacial score (nSPS) is 15.4. The summed E-state index contributed by atoms with van der Waals surface area (Å²) in [6, 6.07) is 20.6. The number of hydrogen-bond acceptors (Lipinski definition) is 1. The number of unbranched alkanes of at least 4 members (excludes halogenated alkanes) is 1. The summed E-state index contributed by atoms with van der Waals surface area (Å²) < 4.78 is 38.2. The van der Waals surface area contributed by atoms with Crippen LogP contribution in [0.1, 0.15) is 36.0 Å². The largest absolute Gasteiger partial charge is 0.416 e. The van der Waals surface area contributed by atoms with Gasteiger partial charge in [0.15, 0.2) is 0 Å². The van der Waals surface area contributed by atoms with Gasteiger partial charge in [-0.2, -0.15) is 13.2 Å². The monoisotopic (exact) mass is 409 g/mol. The van der Waals surface area contributed by atoms with Crippen LogP contribution in [0.3, 0.4) is 0 Å². The average Bonchev–Trinajstić information content (AvgIpc) is 2.77. The molecule has 0 aromatic heterocycles. The minimum Gasteiger partial charge on any atom is -0.299 e. The Labute approximate surface area is 175 Å². The molecule has 0 bridgehead atoms. The lowest BCUT2D eigenvalue weighted by atomic mass is 9.98. The van der Waals surface area contributed by atoms with E-state index in [1.165, 1.54) is 28.5 Å². The number of benzene rings is 3. The summed E-state index contributed by atoms with van der Waals surface area (Å²) in [6.07, 6.45) is 2.16. The van der Waals surface area contributed by atoms with Crippen molar-refractivity contribution in [1.29, 1.82) is 0 Å². The van der Waals surface area contributed by atoms with Crippen molar-refractivity contribution in [2.75, 3.05) is 19.6 Å². The summed E-state index contributed by atoms with van der Waals surface area (Å²) in [5.41, 5.74) is 2.88. The van der Waals surface area contributed by atoms with Crippen molar-refractivity contribution in [3.8, 4) is 0 Å². The molecule has 4 rings (SSSR count). The zero-order chi connectivity index (χ0) is 21.0. The van der Waals surface area contributed by atoms with E-state index >= 15 is 0 Å². The Morgan fingerprint density at radius 1 is 0.833 bits per heavy atom. The quantitative estimate of drug-likeness (QED) is 0.397. The van der Waals surface area contributed by atoms with Crippen molar-refractivity contribution in [3.63, 3.8) is 0 Å². The SMILES string of the molecule is FC(F)(F)c1ccc(C2=CCN(CCCCc3cccc4ccccc34)CC2)cc1. The highest BCUT2D eigenvalue weighted by Gasteiger charge is 2.30.